The van der Waals surface area contributed by atoms with Crippen molar-refractivity contribution in [3.05, 3.63) is 36.4 Å². The molecule has 0 unspecified atom stereocenters. The van der Waals surface area contributed by atoms with E-state index >= 15 is 0 Å². The van der Waals surface area contributed by atoms with Crippen LogP contribution in [0.1, 0.15) is 6.42 Å². The van der Waals surface area contributed by atoms with Gasteiger partial charge in [0.05, 0.1) is 19.9 Å². The average Bonchev–Trinajstić information content (AvgIpc) is 2.47. The highest BCUT2D eigenvalue weighted by Gasteiger charge is 2.14. The zero-order valence-electron chi connectivity index (χ0n) is 11.3. The monoisotopic (exact) mass is 273 g/mol. The molecule has 0 aliphatic heterocycles. The fourth-order valence-corrected chi connectivity index (χ4v) is 1.94. The van der Waals surface area contributed by atoms with Gasteiger partial charge in [-0.25, -0.2) is 0 Å². The predicted octanol–water partition coefficient (Wildman–Crippen LogP) is 2.35. The smallest absolute Gasteiger partial charge is 0.315 e. The molecule has 20 heavy (non-hydrogen) atoms. The lowest BCUT2D eigenvalue weighted by molar-refractivity contribution is -0.142. The van der Waals surface area contributed by atoms with Gasteiger partial charge in [0.1, 0.15) is 12.2 Å². The number of ether oxygens (including phenoxy) is 2. The van der Waals surface area contributed by atoms with Crippen LogP contribution in [-0.4, -0.2) is 26.1 Å². The van der Waals surface area contributed by atoms with Crippen molar-refractivity contribution in [1.29, 1.82) is 0 Å². The quantitative estimate of drug-likeness (QED) is 0.686. The molecule has 104 valence electrons. The van der Waals surface area contributed by atoms with Crippen LogP contribution in [0.4, 0.5) is 5.69 Å². The Bertz CT molecular complexity index is 651. The van der Waals surface area contributed by atoms with Gasteiger partial charge in [0.25, 0.3) is 0 Å². The van der Waals surface area contributed by atoms with Crippen molar-refractivity contribution in [2.75, 3.05) is 19.5 Å². The van der Waals surface area contributed by atoms with E-state index in [0.717, 1.165) is 10.8 Å². The molecule has 0 saturated heterocycles. The van der Waals surface area contributed by atoms with Crippen molar-refractivity contribution >= 4 is 28.3 Å². The fraction of sp³-hybridized carbons (Fsp3) is 0.200. The van der Waals surface area contributed by atoms with E-state index in [1.165, 1.54) is 14.2 Å². The summed E-state index contributed by atoms with van der Waals surface area (Å²) in [5.74, 6) is -0.477. The maximum absolute atomic E-state index is 11.8. The van der Waals surface area contributed by atoms with E-state index in [1.54, 1.807) is 6.07 Å². The molecule has 0 bridgehead atoms. The second kappa shape index (κ2) is 6.06. The van der Waals surface area contributed by atoms with Crippen LogP contribution < -0.4 is 10.1 Å². The third kappa shape index (κ3) is 2.88. The Morgan fingerprint density at radius 3 is 2.55 bits per heavy atom. The first kappa shape index (κ1) is 13.9. The first-order valence-corrected chi connectivity index (χ1v) is 6.08. The van der Waals surface area contributed by atoms with E-state index in [-0.39, 0.29) is 6.42 Å². The van der Waals surface area contributed by atoms with Gasteiger partial charge in [0.2, 0.25) is 5.91 Å². The largest absolute Gasteiger partial charge is 0.495 e. The molecule has 1 N–H and O–H groups in total. The third-order valence-electron chi connectivity index (χ3n) is 2.91. The van der Waals surface area contributed by atoms with E-state index in [9.17, 15) is 9.59 Å². The van der Waals surface area contributed by atoms with Gasteiger partial charge in [-0.3, -0.25) is 9.59 Å². The van der Waals surface area contributed by atoms with E-state index in [4.69, 9.17) is 4.74 Å². The Labute approximate surface area is 116 Å². The van der Waals surface area contributed by atoms with Gasteiger partial charge in [0.15, 0.2) is 0 Å². The zero-order valence-corrected chi connectivity index (χ0v) is 11.3. The lowest BCUT2D eigenvalue weighted by atomic mass is 10.1. The van der Waals surface area contributed by atoms with Gasteiger partial charge >= 0.3 is 5.97 Å². The summed E-state index contributed by atoms with van der Waals surface area (Å²) in [6.07, 6.45) is -0.330. The molecule has 1 amide bonds. The van der Waals surface area contributed by atoms with Gasteiger partial charge in [-0.1, -0.05) is 30.3 Å². The molecule has 2 aromatic rings. The van der Waals surface area contributed by atoms with Crippen molar-refractivity contribution in [2.45, 2.75) is 6.42 Å². The molecule has 0 radical (unpaired) electrons. The average molecular weight is 273 g/mol. The molecule has 0 aromatic heterocycles. The molecule has 2 rings (SSSR count). The first-order chi connectivity index (χ1) is 9.65. The Balaban J connectivity index is 2.36. The minimum absolute atomic E-state index is 0.330. The SMILES string of the molecule is COC(=O)CC(=O)Nc1c(OC)ccc2ccccc12. The van der Waals surface area contributed by atoms with Crippen LogP contribution in [0.3, 0.4) is 0 Å². The highest BCUT2D eigenvalue weighted by molar-refractivity contribution is 6.08. The number of anilines is 1. The van der Waals surface area contributed by atoms with Gasteiger partial charge < -0.3 is 14.8 Å². The lowest BCUT2D eigenvalue weighted by Gasteiger charge is -2.13. The molecule has 0 saturated carbocycles. The van der Waals surface area contributed by atoms with Crippen LogP contribution >= 0.6 is 0 Å². The minimum Gasteiger partial charge on any atom is -0.495 e. The van der Waals surface area contributed by atoms with Crippen LogP contribution in [-0.2, 0) is 14.3 Å². The summed E-state index contributed by atoms with van der Waals surface area (Å²) in [4.78, 5) is 22.9. The van der Waals surface area contributed by atoms with E-state index < -0.39 is 11.9 Å². The summed E-state index contributed by atoms with van der Waals surface area (Å²) < 4.78 is 9.73. The number of carbonyl (C=O) groups excluding carboxylic acids is 2. The summed E-state index contributed by atoms with van der Waals surface area (Å²) in [5.41, 5.74) is 0.555. The summed E-state index contributed by atoms with van der Waals surface area (Å²) in [6.45, 7) is 0. The Kier molecular flexibility index (Phi) is 4.20. The number of benzene rings is 2. The van der Waals surface area contributed by atoms with Crippen molar-refractivity contribution in [3.63, 3.8) is 0 Å². The molecular weight excluding hydrogens is 258 g/mol. The van der Waals surface area contributed by atoms with Gasteiger partial charge in [0, 0.05) is 5.39 Å². The highest BCUT2D eigenvalue weighted by Crippen LogP contribution is 2.33. The number of amides is 1. The van der Waals surface area contributed by atoms with Crippen LogP contribution in [0.2, 0.25) is 0 Å². The predicted molar refractivity (Wildman–Crippen MR) is 75.8 cm³/mol. The molecule has 0 fully saturated rings. The number of fused-ring (bicyclic) bond motifs is 1. The maximum Gasteiger partial charge on any atom is 0.315 e. The molecule has 0 heterocycles. The standard InChI is InChI=1S/C15H15NO4/c1-19-12-8-7-10-5-3-4-6-11(10)15(12)16-13(17)9-14(18)20-2/h3-8H,9H2,1-2H3,(H,16,17). The van der Waals surface area contributed by atoms with E-state index in [0.29, 0.717) is 11.4 Å². The van der Waals surface area contributed by atoms with Gasteiger partial charge in [-0.15, -0.1) is 0 Å². The molecule has 0 aliphatic rings. The molecule has 5 heteroatoms. The summed E-state index contributed by atoms with van der Waals surface area (Å²) in [6, 6.07) is 11.3. The van der Waals surface area contributed by atoms with E-state index in [2.05, 4.69) is 10.1 Å². The summed E-state index contributed by atoms with van der Waals surface area (Å²) in [5, 5.41) is 4.53. The minimum atomic E-state index is -0.582. The molecular formula is C15H15NO4. The van der Waals surface area contributed by atoms with Crippen molar-refractivity contribution < 1.29 is 19.1 Å². The number of carbonyl (C=O) groups is 2. The fourth-order valence-electron chi connectivity index (χ4n) is 1.94. The third-order valence-corrected chi connectivity index (χ3v) is 2.91. The number of rotatable bonds is 4. The molecule has 0 atom stereocenters. The topological polar surface area (TPSA) is 64.6 Å². The van der Waals surface area contributed by atoms with Gasteiger partial charge in [-0.2, -0.15) is 0 Å². The molecule has 0 aliphatic carbocycles. The molecule has 5 nitrogen and oxygen atoms in total. The second-order valence-electron chi connectivity index (χ2n) is 4.17. The lowest BCUT2D eigenvalue weighted by Crippen LogP contribution is -2.17. The molecule has 2 aromatic carbocycles. The van der Waals surface area contributed by atoms with Crippen molar-refractivity contribution in [3.8, 4) is 5.75 Å². The number of esters is 1. The Morgan fingerprint density at radius 1 is 1.10 bits per heavy atom. The van der Waals surface area contributed by atoms with Gasteiger partial charge in [-0.05, 0) is 11.5 Å². The first-order valence-electron chi connectivity index (χ1n) is 6.08. The molecule has 0 spiro atoms. The van der Waals surface area contributed by atoms with Crippen molar-refractivity contribution in [2.24, 2.45) is 0 Å². The zero-order chi connectivity index (χ0) is 14.5. The Morgan fingerprint density at radius 2 is 1.85 bits per heavy atom. The number of hydrogen-bond acceptors (Lipinski definition) is 4. The van der Waals surface area contributed by atoms with Crippen LogP contribution in [0.5, 0.6) is 5.75 Å². The van der Waals surface area contributed by atoms with E-state index in [1.807, 2.05) is 30.3 Å². The maximum atomic E-state index is 11.8. The number of nitrogens with one attached hydrogen (secondary N) is 1. The summed E-state index contributed by atoms with van der Waals surface area (Å²) >= 11 is 0. The Hall–Kier alpha value is -2.56. The van der Waals surface area contributed by atoms with Crippen LogP contribution in [0, 0.1) is 0 Å². The number of hydrogen-bond donors (Lipinski definition) is 1. The highest BCUT2D eigenvalue weighted by atomic mass is 16.5. The van der Waals surface area contributed by atoms with Crippen LogP contribution in [0.15, 0.2) is 36.4 Å². The summed E-state index contributed by atoms with van der Waals surface area (Å²) in [7, 11) is 2.77. The van der Waals surface area contributed by atoms with Crippen molar-refractivity contribution in [1.82, 2.24) is 0 Å². The number of methoxy groups -OCH3 is 2. The van der Waals surface area contributed by atoms with Crippen LogP contribution in [0.25, 0.3) is 10.8 Å². The second-order valence-corrected chi connectivity index (χ2v) is 4.17. The normalized spacial score (nSPS) is 10.1.